The number of halogens is 12. The molecule has 4 aromatic rings. The molecule has 0 unspecified atom stereocenters. The van der Waals surface area contributed by atoms with Crippen LogP contribution >= 0.6 is 0 Å². The summed E-state index contributed by atoms with van der Waals surface area (Å²) in [5.74, 6) is -26.7. The molecule has 4 saturated heterocycles. The summed E-state index contributed by atoms with van der Waals surface area (Å²) in [4.78, 5) is 40.2. The molecule has 0 spiro atoms. The zero-order valence-electron chi connectivity index (χ0n) is 36.1. The van der Waals surface area contributed by atoms with E-state index in [0.29, 0.717) is 12.1 Å². The smallest absolute Gasteiger partial charge is 0.545 e. The van der Waals surface area contributed by atoms with Crippen LogP contribution in [0.15, 0.2) is 48.5 Å². The molecule has 0 saturated carbocycles. The van der Waals surface area contributed by atoms with Gasteiger partial charge in [0.1, 0.15) is 23.3 Å². The van der Waals surface area contributed by atoms with Gasteiger partial charge in [-0.25, -0.2) is 52.7 Å². The summed E-state index contributed by atoms with van der Waals surface area (Å²) in [6.45, 7) is 8.00. The number of carbonyl (C=O) groups excluding carboxylic acids is 4. The summed E-state index contributed by atoms with van der Waals surface area (Å²) in [7, 11) is 0. The van der Waals surface area contributed by atoms with Gasteiger partial charge in [0.25, 0.3) is 0 Å². The number of carboxylic acids is 4. The van der Waals surface area contributed by atoms with E-state index in [9.17, 15) is 92.3 Å². The quantitative estimate of drug-likeness (QED) is 0.150. The predicted octanol–water partition coefficient (Wildman–Crippen LogP) is 5.05. The van der Waals surface area contributed by atoms with Crippen LogP contribution in [0, 0.1) is 69.8 Å². The Kier molecular flexibility index (Phi) is 35.3. The van der Waals surface area contributed by atoms with Crippen molar-refractivity contribution < 1.29 is 150 Å². The molecule has 0 N–H and O–H groups in total. The number of hydrogen-bond acceptors (Lipinski definition) is 12. The number of benzene rings is 4. The Labute approximate surface area is 417 Å². The molecule has 4 aliphatic rings. The van der Waals surface area contributed by atoms with Gasteiger partial charge in [-0.15, -0.1) is 0 Å². The first-order chi connectivity index (χ1) is 32.1. The number of aromatic carboxylic acids is 4. The van der Waals surface area contributed by atoms with Crippen molar-refractivity contribution in [3.63, 3.8) is 0 Å². The zero-order chi connectivity index (χ0) is 51.3. The van der Waals surface area contributed by atoms with Crippen LogP contribution in [0.4, 0.5) is 52.7 Å². The third-order valence-corrected chi connectivity index (χ3v) is 8.24. The minimum absolute atomic E-state index is 0. The summed E-state index contributed by atoms with van der Waals surface area (Å²) in [5, 5.41) is 40.2. The van der Waals surface area contributed by atoms with E-state index in [1.807, 2.05) is 0 Å². The fraction of sp³-hybridized carbons (Fsp3) is 0.364. The second-order valence-electron chi connectivity index (χ2n) is 13.4. The van der Waals surface area contributed by atoms with E-state index in [4.69, 9.17) is 18.9 Å². The van der Waals surface area contributed by atoms with Gasteiger partial charge in [-0.1, -0.05) is 0 Å². The molecule has 0 atom stereocenters. The minimum Gasteiger partial charge on any atom is -0.545 e. The largest absolute Gasteiger partial charge is 2.00 e. The molecule has 70 heavy (non-hydrogen) atoms. The molecule has 0 aliphatic carbocycles. The molecular weight excluding hydrogens is 1150 g/mol. The third kappa shape index (κ3) is 25.7. The topological polar surface area (TPSA) is 197 Å². The molecule has 4 heterocycles. The molecule has 0 aromatic heterocycles. The Morgan fingerprint density at radius 3 is 0.686 bits per heavy atom. The molecule has 8 rings (SSSR count). The van der Waals surface area contributed by atoms with Gasteiger partial charge in [-0.2, -0.15) is 0 Å². The van der Waals surface area contributed by atoms with E-state index < -0.39 is 116 Å². The fourth-order valence-corrected chi connectivity index (χ4v) is 4.85. The van der Waals surface area contributed by atoms with Crippen molar-refractivity contribution in [2.45, 2.75) is 51.4 Å². The van der Waals surface area contributed by atoms with E-state index >= 15 is 0 Å². The van der Waals surface area contributed by atoms with Gasteiger partial charge in [-0.3, -0.25) is 0 Å². The van der Waals surface area contributed by atoms with Gasteiger partial charge in [-0.05, 0) is 87.8 Å². The maximum absolute atomic E-state index is 12.5. The van der Waals surface area contributed by atoms with Gasteiger partial charge in [0.2, 0.25) is 0 Å². The molecule has 4 fully saturated rings. The van der Waals surface area contributed by atoms with E-state index in [1.54, 1.807) is 0 Å². The monoisotopic (exact) mass is 1190 g/mol. The third-order valence-electron chi connectivity index (χ3n) is 8.24. The Balaban J connectivity index is 0. The number of hydrogen-bond donors (Lipinski definition) is 0. The number of carboxylic acid groups (broad SMARTS) is 4. The van der Waals surface area contributed by atoms with Crippen molar-refractivity contribution in [3.05, 3.63) is 141 Å². The second kappa shape index (κ2) is 36.9. The molecule has 4 aliphatic heterocycles. The molecule has 0 bridgehead atoms. The standard InChI is InChI=1S/2C7H2F4O2.2C7H4F2O2.4C4H8O.2Ru/c2*8-2-1-3(9)6(11)4(5(2)10)7(12)13;2*8-4-1-2-6(9)5(3-4)7(10)11;4*1-2-4-5-3-1;;/h2*1H,(H,12,13);2*1-3H,(H,10,11);4*1-4H2;;/q;;;;;;;;2*+2/p-4. The van der Waals surface area contributed by atoms with Gasteiger partial charge >= 0.3 is 39.0 Å². The van der Waals surface area contributed by atoms with Crippen LogP contribution in [0.3, 0.4) is 0 Å². The minimum atomic E-state index is -2.31. The van der Waals surface area contributed by atoms with Crippen molar-refractivity contribution in [3.8, 4) is 0 Å². The molecule has 0 amide bonds. The Bertz CT molecular complexity index is 1990. The van der Waals surface area contributed by atoms with Gasteiger partial charge in [0.05, 0.1) is 35.0 Å². The van der Waals surface area contributed by atoms with Crippen LogP contribution in [0.25, 0.3) is 0 Å². The summed E-state index contributed by atoms with van der Waals surface area (Å²) in [6.07, 6.45) is 10.2. The van der Waals surface area contributed by atoms with Gasteiger partial charge in [0.15, 0.2) is 46.5 Å². The predicted molar refractivity (Wildman–Crippen MR) is 203 cm³/mol. The SMILES string of the molecule is C1CCOC1.C1CCOC1.C1CCOC1.C1CCOC1.O=C([O-])c1c(F)c(F)cc(F)c1F.O=C([O-])c1c(F)c(F)cc(F)c1F.O=C([O-])c1cc(F)ccc1F.O=C([O-])c1cc(F)ccc1F.[Ru+2].[Ru+2]. The maximum atomic E-state index is 12.5. The Morgan fingerprint density at radius 1 is 0.329 bits per heavy atom. The van der Waals surface area contributed by atoms with Gasteiger partial charge < -0.3 is 58.6 Å². The first-order valence-electron chi connectivity index (χ1n) is 19.8. The number of carbonyl (C=O) groups is 4. The van der Waals surface area contributed by atoms with Crippen molar-refractivity contribution in [1.82, 2.24) is 0 Å². The van der Waals surface area contributed by atoms with Crippen LogP contribution in [0.5, 0.6) is 0 Å². The summed E-state index contributed by atoms with van der Waals surface area (Å²) < 4.78 is 168. The summed E-state index contributed by atoms with van der Waals surface area (Å²) in [5.41, 5.74) is -5.00. The zero-order valence-corrected chi connectivity index (χ0v) is 39.6. The van der Waals surface area contributed by atoms with E-state index in [2.05, 4.69) is 0 Å². The van der Waals surface area contributed by atoms with E-state index in [1.165, 1.54) is 51.4 Å². The van der Waals surface area contributed by atoms with Gasteiger partial charge in [0, 0.05) is 76.1 Å². The van der Waals surface area contributed by atoms with E-state index in [0.717, 1.165) is 77.1 Å². The normalized spacial score (nSPS) is 13.7. The van der Waals surface area contributed by atoms with Crippen LogP contribution in [0.2, 0.25) is 0 Å². The molecule has 12 nitrogen and oxygen atoms in total. The molecular formula is C44H40F12O12Ru2. The van der Waals surface area contributed by atoms with E-state index in [-0.39, 0.29) is 51.1 Å². The number of ether oxygens (including phenoxy) is 4. The van der Waals surface area contributed by atoms with Crippen molar-refractivity contribution in [1.29, 1.82) is 0 Å². The Morgan fingerprint density at radius 2 is 0.543 bits per heavy atom. The summed E-state index contributed by atoms with van der Waals surface area (Å²) >= 11 is 0. The van der Waals surface area contributed by atoms with Crippen LogP contribution in [-0.2, 0) is 57.9 Å². The van der Waals surface area contributed by atoms with Crippen molar-refractivity contribution in [2.75, 3.05) is 52.9 Å². The van der Waals surface area contributed by atoms with Crippen LogP contribution in [-0.4, -0.2) is 76.7 Å². The first kappa shape index (κ1) is 67.1. The first-order valence-corrected chi connectivity index (χ1v) is 19.8. The fourth-order valence-electron chi connectivity index (χ4n) is 4.85. The molecule has 26 heteroatoms. The summed E-state index contributed by atoms with van der Waals surface area (Å²) in [6, 6.07) is 4.12. The second-order valence-corrected chi connectivity index (χ2v) is 13.4. The molecule has 388 valence electrons. The Hall–Kier alpha value is -4.99. The van der Waals surface area contributed by atoms with Crippen LogP contribution in [0.1, 0.15) is 92.8 Å². The van der Waals surface area contributed by atoms with Crippen molar-refractivity contribution >= 4 is 23.9 Å². The average molecular weight is 1190 g/mol. The molecule has 0 radical (unpaired) electrons. The molecule has 4 aromatic carbocycles. The van der Waals surface area contributed by atoms with Crippen molar-refractivity contribution in [2.24, 2.45) is 0 Å². The maximum Gasteiger partial charge on any atom is 2.00 e. The average Bonchev–Trinajstić information content (AvgIpc) is 4.15. The number of rotatable bonds is 4. The van der Waals surface area contributed by atoms with Crippen LogP contribution < -0.4 is 20.4 Å².